The molecule has 0 saturated heterocycles. The molecular formula is C12H16F3N. The van der Waals surface area contributed by atoms with Crippen LogP contribution >= 0.6 is 0 Å². The summed E-state index contributed by atoms with van der Waals surface area (Å²) in [5, 5.41) is 3.03. The van der Waals surface area contributed by atoms with E-state index in [1.54, 1.807) is 12.1 Å². The van der Waals surface area contributed by atoms with Crippen LogP contribution in [0.15, 0.2) is 24.3 Å². The van der Waals surface area contributed by atoms with E-state index in [-0.39, 0.29) is 0 Å². The zero-order valence-electron chi connectivity index (χ0n) is 9.27. The summed E-state index contributed by atoms with van der Waals surface area (Å²) in [6.07, 6.45) is -1.37. The molecule has 0 atom stereocenters. The molecule has 1 rings (SSSR count). The number of unbranched alkanes of at least 4 members (excludes halogenated alkanes) is 1. The van der Waals surface area contributed by atoms with Crippen LogP contribution < -0.4 is 5.32 Å². The molecule has 1 aromatic carbocycles. The third-order valence-electron chi connectivity index (χ3n) is 2.42. The molecule has 0 aliphatic rings. The molecule has 90 valence electrons. The van der Waals surface area contributed by atoms with E-state index in [0.29, 0.717) is 0 Å². The van der Waals surface area contributed by atoms with Gasteiger partial charge in [-0.2, -0.15) is 13.2 Å². The van der Waals surface area contributed by atoms with Crippen LogP contribution in [0.5, 0.6) is 0 Å². The second-order valence-corrected chi connectivity index (χ2v) is 3.76. The van der Waals surface area contributed by atoms with E-state index in [9.17, 15) is 13.2 Å². The summed E-state index contributed by atoms with van der Waals surface area (Å²) in [6, 6.07) is 5.41. The normalized spacial score (nSPS) is 11.8. The van der Waals surface area contributed by atoms with Gasteiger partial charge in [0, 0.05) is 0 Å². The van der Waals surface area contributed by atoms with Crippen molar-refractivity contribution in [3.05, 3.63) is 35.4 Å². The first-order valence-electron chi connectivity index (χ1n) is 5.35. The van der Waals surface area contributed by atoms with E-state index in [4.69, 9.17) is 0 Å². The summed E-state index contributed by atoms with van der Waals surface area (Å²) in [5.41, 5.74) is 0.385. The number of alkyl halides is 3. The fourth-order valence-electron chi connectivity index (χ4n) is 1.49. The van der Waals surface area contributed by atoms with Crippen LogP contribution in [0.25, 0.3) is 0 Å². The second-order valence-electron chi connectivity index (χ2n) is 3.76. The molecular weight excluding hydrogens is 215 g/mol. The molecule has 0 spiro atoms. The first kappa shape index (κ1) is 13.0. The van der Waals surface area contributed by atoms with Gasteiger partial charge >= 0.3 is 6.18 Å². The van der Waals surface area contributed by atoms with Gasteiger partial charge in [0.2, 0.25) is 0 Å². The van der Waals surface area contributed by atoms with Gasteiger partial charge in [0.1, 0.15) is 0 Å². The first-order valence-corrected chi connectivity index (χ1v) is 5.35. The molecule has 0 aliphatic heterocycles. The summed E-state index contributed by atoms with van der Waals surface area (Å²) in [5.74, 6) is 0. The monoisotopic (exact) mass is 231 g/mol. The lowest BCUT2D eigenvalue weighted by Crippen LogP contribution is -2.07. The van der Waals surface area contributed by atoms with E-state index in [1.807, 2.05) is 7.05 Å². The number of hydrogen-bond acceptors (Lipinski definition) is 1. The van der Waals surface area contributed by atoms with Crippen molar-refractivity contribution in [3.8, 4) is 0 Å². The largest absolute Gasteiger partial charge is 0.416 e. The van der Waals surface area contributed by atoms with Crippen molar-refractivity contribution in [2.45, 2.75) is 25.4 Å². The maximum absolute atomic E-state index is 12.3. The van der Waals surface area contributed by atoms with Crippen LogP contribution in [-0.2, 0) is 12.6 Å². The highest BCUT2D eigenvalue weighted by Crippen LogP contribution is 2.29. The number of halogens is 3. The highest BCUT2D eigenvalue weighted by atomic mass is 19.4. The van der Waals surface area contributed by atoms with Crippen molar-refractivity contribution in [2.75, 3.05) is 13.6 Å². The molecule has 0 heterocycles. The fraction of sp³-hybridized carbons (Fsp3) is 0.500. The summed E-state index contributed by atoms with van der Waals surface area (Å²) in [4.78, 5) is 0. The topological polar surface area (TPSA) is 12.0 Å². The van der Waals surface area contributed by atoms with Gasteiger partial charge in [-0.25, -0.2) is 0 Å². The quantitative estimate of drug-likeness (QED) is 0.767. The average Bonchev–Trinajstić information content (AvgIpc) is 2.24. The van der Waals surface area contributed by atoms with Crippen molar-refractivity contribution in [2.24, 2.45) is 0 Å². The van der Waals surface area contributed by atoms with Gasteiger partial charge < -0.3 is 5.32 Å². The minimum Gasteiger partial charge on any atom is -0.320 e. The van der Waals surface area contributed by atoms with E-state index in [1.165, 1.54) is 0 Å². The molecule has 0 aliphatic carbocycles. The van der Waals surface area contributed by atoms with Crippen LogP contribution in [0, 0.1) is 0 Å². The Hall–Kier alpha value is -1.03. The lowest BCUT2D eigenvalue weighted by molar-refractivity contribution is -0.137. The van der Waals surface area contributed by atoms with Gasteiger partial charge in [-0.05, 0) is 50.6 Å². The van der Waals surface area contributed by atoms with E-state index < -0.39 is 11.7 Å². The van der Waals surface area contributed by atoms with Gasteiger partial charge in [0.15, 0.2) is 0 Å². The predicted octanol–water partition coefficient (Wildman–Crippen LogP) is 3.25. The van der Waals surface area contributed by atoms with Gasteiger partial charge in [0.05, 0.1) is 5.56 Å². The Morgan fingerprint density at radius 1 is 1.06 bits per heavy atom. The molecule has 1 N–H and O–H groups in total. The number of hydrogen-bond donors (Lipinski definition) is 1. The van der Waals surface area contributed by atoms with Crippen molar-refractivity contribution in [3.63, 3.8) is 0 Å². The van der Waals surface area contributed by atoms with Crippen molar-refractivity contribution in [1.29, 1.82) is 0 Å². The third-order valence-corrected chi connectivity index (χ3v) is 2.42. The third kappa shape index (κ3) is 4.23. The van der Waals surface area contributed by atoms with Crippen molar-refractivity contribution in [1.82, 2.24) is 5.32 Å². The minimum absolute atomic E-state index is 0.577. The summed E-state index contributed by atoms with van der Waals surface area (Å²) in [7, 11) is 1.89. The molecule has 16 heavy (non-hydrogen) atoms. The van der Waals surface area contributed by atoms with E-state index >= 15 is 0 Å². The minimum atomic E-state index is -4.23. The van der Waals surface area contributed by atoms with Crippen molar-refractivity contribution >= 4 is 0 Å². The van der Waals surface area contributed by atoms with Crippen LogP contribution in [0.4, 0.5) is 13.2 Å². The Morgan fingerprint density at radius 3 is 2.19 bits per heavy atom. The Morgan fingerprint density at radius 2 is 1.69 bits per heavy atom. The Kier molecular flexibility index (Phi) is 4.80. The SMILES string of the molecule is CNCCCCc1ccc(C(F)(F)F)cc1. The summed E-state index contributed by atoms with van der Waals surface area (Å²) in [6.45, 7) is 0.945. The molecule has 1 aromatic rings. The van der Waals surface area contributed by atoms with E-state index in [0.717, 1.165) is 43.5 Å². The lowest BCUT2D eigenvalue weighted by Gasteiger charge is -2.07. The van der Waals surface area contributed by atoms with Crippen molar-refractivity contribution < 1.29 is 13.2 Å². The lowest BCUT2D eigenvalue weighted by atomic mass is 10.1. The van der Waals surface area contributed by atoms with Gasteiger partial charge in [0.25, 0.3) is 0 Å². The Labute approximate surface area is 93.7 Å². The van der Waals surface area contributed by atoms with Crippen LogP contribution in [-0.4, -0.2) is 13.6 Å². The first-order chi connectivity index (χ1) is 7.54. The van der Waals surface area contributed by atoms with Gasteiger partial charge in [-0.15, -0.1) is 0 Å². The maximum atomic E-state index is 12.3. The molecule has 0 fully saturated rings. The van der Waals surface area contributed by atoms with E-state index in [2.05, 4.69) is 5.32 Å². The van der Waals surface area contributed by atoms with Crippen LogP contribution in [0.2, 0.25) is 0 Å². The molecule has 4 heteroatoms. The molecule has 0 unspecified atom stereocenters. The zero-order valence-corrected chi connectivity index (χ0v) is 9.27. The standard InChI is InChI=1S/C12H16F3N/c1-16-9-3-2-4-10-5-7-11(8-6-10)12(13,14)15/h5-8,16H,2-4,9H2,1H3. The predicted molar refractivity (Wildman–Crippen MR) is 58.3 cm³/mol. The van der Waals surface area contributed by atoms with Gasteiger partial charge in [-0.1, -0.05) is 12.1 Å². The molecule has 0 saturated carbocycles. The van der Waals surface area contributed by atoms with Crippen LogP contribution in [0.1, 0.15) is 24.0 Å². The number of benzene rings is 1. The average molecular weight is 231 g/mol. The molecule has 1 nitrogen and oxygen atoms in total. The molecule has 0 amide bonds. The molecule has 0 bridgehead atoms. The molecule has 0 aromatic heterocycles. The fourth-order valence-corrected chi connectivity index (χ4v) is 1.49. The smallest absolute Gasteiger partial charge is 0.320 e. The van der Waals surface area contributed by atoms with Gasteiger partial charge in [-0.3, -0.25) is 0 Å². The second kappa shape index (κ2) is 5.89. The highest BCUT2D eigenvalue weighted by molar-refractivity contribution is 5.24. The number of aryl methyl sites for hydroxylation is 1. The van der Waals surface area contributed by atoms with Crippen LogP contribution in [0.3, 0.4) is 0 Å². The highest BCUT2D eigenvalue weighted by Gasteiger charge is 2.29. The zero-order chi connectivity index (χ0) is 12.0. The number of rotatable bonds is 5. The Bertz CT molecular complexity index is 303. The summed E-state index contributed by atoms with van der Waals surface area (Å²) < 4.78 is 36.8. The summed E-state index contributed by atoms with van der Waals surface area (Å²) >= 11 is 0. The molecule has 0 radical (unpaired) electrons. The Balaban J connectivity index is 2.46. The number of nitrogens with one attached hydrogen (secondary N) is 1. The maximum Gasteiger partial charge on any atom is 0.416 e.